The monoisotopic (exact) mass is 457 g/mol. The molecule has 4 aromatic rings. The number of aromatic hydroxyl groups is 1. The first-order valence-electron chi connectivity index (χ1n) is 12.2. The van der Waals surface area contributed by atoms with E-state index < -0.39 is 0 Å². The number of aryl methyl sites for hydroxylation is 3. The Morgan fingerprint density at radius 2 is 0.824 bits per heavy atom. The number of rotatable bonds is 3. The third-order valence-electron chi connectivity index (χ3n) is 4.65. The molecule has 4 rings (SSSR count). The van der Waals surface area contributed by atoms with Crippen LogP contribution < -0.4 is 0 Å². The molecule has 0 radical (unpaired) electrons. The maximum absolute atomic E-state index is 10.4. The van der Waals surface area contributed by atoms with E-state index in [0.717, 1.165) is 16.7 Å². The van der Waals surface area contributed by atoms with Gasteiger partial charge in [-0.05, 0) is 38.5 Å². The molecule has 0 atom stereocenters. The van der Waals surface area contributed by atoms with Gasteiger partial charge >= 0.3 is 0 Å². The molecule has 0 aliphatic carbocycles. The van der Waals surface area contributed by atoms with Crippen molar-refractivity contribution in [2.24, 2.45) is 0 Å². The number of hydrogen-bond acceptors (Lipinski definition) is 4. The van der Waals surface area contributed by atoms with E-state index in [9.17, 15) is 5.11 Å². The van der Waals surface area contributed by atoms with Crippen molar-refractivity contribution in [3.05, 3.63) is 83.4 Å². The van der Waals surface area contributed by atoms with Crippen molar-refractivity contribution in [3.8, 4) is 39.9 Å². The van der Waals surface area contributed by atoms with Gasteiger partial charge < -0.3 is 5.11 Å². The second-order valence-corrected chi connectivity index (χ2v) is 7.06. The van der Waals surface area contributed by atoms with Crippen LogP contribution in [0.4, 0.5) is 0 Å². The molecule has 0 spiro atoms. The molecule has 0 saturated carbocycles. The SMILES string of the molecule is CC.CC.CC.Cc1ccc(-c2nc(-c3ccc(C)cc3)nc(-c3ccc(C)cc3O)n2)cc1. The Labute approximate surface area is 205 Å². The Kier molecular flexibility index (Phi) is 12.2. The number of hydrogen-bond donors (Lipinski definition) is 1. The van der Waals surface area contributed by atoms with E-state index in [1.165, 1.54) is 11.1 Å². The van der Waals surface area contributed by atoms with Gasteiger partial charge in [0.15, 0.2) is 17.5 Å². The lowest BCUT2D eigenvalue weighted by molar-refractivity contribution is 0.476. The molecule has 3 aromatic carbocycles. The topological polar surface area (TPSA) is 58.9 Å². The van der Waals surface area contributed by atoms with Gasteiger partial charge in [0, 0.05) is 11.1 Å². The van der Waals surface area contributed by atoms with Crippen molar-refractivity contribution in [1.29, 1.82) is 0 Å². The van der Waals surface area contributed by atoms with Crippen molar-refractivity contribution in [1.82, 2.24) is 15.0 Å². The molecule has 0 unspecified atom stereocenters. The minimum absolute atomic E-state index is 0.163. The van der Waals surface area contributed by atoms with Gasteiger partial charge in [0.25, 0.3) is 0 Å². The van der Waals surface area contributed by atoms with Crippen molar-refractivity contribution in [3.63, 3.8) is 0 Å². The van der Waals surface area contributed by atoms with Crippen LogP contribution in [0.25, 0.3) is 34.2 Å². The minimum atomic E-state index is 0.163. The zero-order valence-corrected chi connectivity index (χ0v) is 22.1. The highest BCUT2D eigenvalue weighted by molar-refractivity contribution is 5.70. The van der Waals surface area contributed by atoms with Crippen molar-refractivity contribution >= 4 is 0 Å². The summed E-state index contributed by atoms with van der Waals surface area (Å²) in [6, 6.07) is 21.7. The lowest BCUT2D eigenvalue weighted by atomic mass is 10.1. The highest BCUT2D eigenvalue weighted by atomic mass is 16.3. The second-order valence-electron chi connectivity index (χ2n) is 7.06. The smallest absolute Gasteiger partial charge is 0.167 e. The quantitative estimate of drug-likeness (QED) is 0.335. The molecule has 0 amide bonds. The van der Waals surface area contributed by atoms with Crippen molar-refractivity contribution < 1.29 is 5.11 Å². The Hall–Kier alpha value is -3.53. The van der Waals surface area contributed by atoms with E-state index in [4.69, 9.17) is 4.98 Å². The van der Waals surface area contributed by atoms with Crippen LogP contribution in [0.1, 0.15) is 58.2 Å². The Morgan fingerprint density at radius 1 is 0.471 bits per heavy atom. The summed E-state index contributed by atoms with van der Waals surface area (Å²) >= 11 is 0. The zero-order valence-electron chi connectivity index (χ0n) is 22.1. The number of aromatic nitrogens is 3. The average Bonchev–Trinajstić information content (AvgIpc) is 2.88. The lowest BCUT2D eigenvalue weighted by Gasteiger charge is -2.10. The third-order valence-corrected chi connectivity index (χ3v) is 4.65. The molecule has 0 aliphatic rings. The lowest BCUT2D eigenvalue weighted by Crippen LogP contribution is -2.00. The molecule has 1 N–H and O–H groups in total. The average molecular weight is 458 g/mol. The molecule has 180 valence electrons. The van der Waals surface area contributed by atoms with Crippen LogP contribution in [0, 0.1) is 20.8 Å². The first-order valence-corrected chi connectivity index (χ1v) is 12.2. The fourth-order valence-electron chi connectivity index (χ4n) is 2.99. The molecule has 1 aromatic heterocycles. The summed E-state index contributed by atoms with van der Waals surface area (Å²) in [5.74, 6) is 1.79. The first-order chi connectivity index (χ1) is 16.5. The molecule has 1 heterocycles. The zero-order chi connectivity index (χ0) is 25.7. The normalized spacial score (nSPS) is 9.44. The van der Waals surface area contributed by atoms with E-state index in [0.29, 0.717) is 23.0 Å². The summed E-state index contributed by atoms with van der Waals surface area (Å²) in [4.78, 5) is 14.0. The van der Waals surface area contributed by atoms with Gasteiger partial charge in [-0.3, -0.25) is 0 Å². The molecule has 0 bridgehead atoms. The molecular formula is C30H39N3O. The van der Waals surface area contributed by atoms with E-state index >= 15 is 0 Å². The molecule has 4 heteroatoms. The molecular weight excluding hydrogens is 418 g/mol. The maximum atomic E-state index is 10.4. The third kappa shape index (κ3) is 7.51. The summed E-state index contributed by atoms with van der Waals surface area (Å²) in [5.41, 5.74) is 5.74. The number of benzene rings is 3. The predicted octanol–water partition coefficient (Wildman–Crippen LogP) is 8.58. The molecule has 0 aliphatic heterocycles. The van der Waals surface area contributed by atoms with Gasteiger partial charge in [-0.1, -0.05) is 107 Å². The van der Waals surface area contributed by atoms with Gasteiger partial charge in [-0.2, -0.15) is 0 Å². The summed E-state index contributed by atoms with van der Waals surface area (Å²) in [6.07, 6.45) is 0. The van der Waals surface area contributed by atoms with Crippen LogP contribution in [0.2, 0.25) is 0 Å². The number of phenolic OH excluding ortho intramolecular Hbond substituents is 1. The van der Waals surface area contributed by atoms with Crippen LogP contribution in [-0.2, 0) is 0 Å². The van der Waals surface area contributed by atoms with Gasteiger partial charge in [0.05, 0.1) is 5.56 Å². The largest absolute Gasteiger partial charge is 0.507 e. The summed E-state index contributed by atoms with van der Waals surface area (Å²) < 4.78 is 0. The molecule has 0 saturated heterocycles. The maximum Gasteiger partial charge on any atom is 0.167 e. The Balaban J connectivity index is 0.000000894. The Bertz CT molecular complexity index is 1070. The van der Waals surface area contributed by atoms with Gasteiger partial charge in [0.1, 0.15) is 5.75 Å². The summed E-state index contributed by atoms with van der Waals surface area (Å²) in [6.45, 7) is 18.0. The number of nitrogens with zero attached hydrogens (tertiary/aromatic N) is 3. The predicted molar refractivity (Wildman–Crippen MR) is 146 cm³/mol. The molecule has 0 fully saturated rings. The van der Waals surface area contributed by atoms with E-state index in [1.54, 1.807) is 6.07 Å². The first kappa shape index (κ1) is 28.5. The van der Waals surface area contributed by atoms with Crippen LogP contribution in [-0.4, -0.2) is 20.1 Å². The molecule has 34 heavy (non-hydrogen) atoms. The fourth-order valence-corrected chi connectivity index (χ4v) is 2.99. The van der Waals surface area contributed by atoms with Crippen LogP contribution in [0.3, 0.4) is 0 Å². The standard InChI is InChI=1S/C24H21N3O.3C2H6/c1-15-4-9-18(10-5-15)22-25-23(19-11-6-16(2)7-12-19)27-24(26-22)20-13-8-17(3)14-21(20)28;3*1-2/h4-14,28H,1-3H3;3*1-2H3. The summed E-state index contributed by atoms with van der Waals surface area (Å²) in [7, 11) is 0. The van der Waals surface area contributed by atoms with Gasteiger partial charge in [0.2, 0.25) is 0 Å². The van der Waals surface area contributed by atoms with Gasteiger partial charge in [-0.25, -0.2) is 15.0 Å². The summed E-state index contributed by atoms with van der Waals surface area (Å²) in [5, 5.41) is 10.4. The highest BCUT2D eigenvalue weighted by Gasteiger charge is 2.14. The Morgan fingerprint density at radius 3 is 1.21 bits per heavy atom. The second kappa shape index (κ2) is 14.6. The van der Waals surface area contributed by atoms with Crippen LogP contribution in [0.15, 0.2) is 66.7 Å². The van der Waals surface area contributed by atoms with Crippen LogP contribution >= 0.6 is 0 Å². The van der Waals surface area contributed by atoms with Crippen molar-refractivity contribution in [2.75, 3.05) is 0 Å². The fraction of sp³-hybridized carbons (Fsp3) is 0.300. The minimum Gasteiger partial charge on any atom is -0.507 e. The van der Waals surface area contributed by atoms with Gasteiger partial charge in [-0.15, -0.1) is 0 Å². The van der Waals surface area contributed by atoms with E-state index in [-0.39, 0.29) is 5.75 Å². The van der Waals surface area contributed by atoms with E-state index in [2.05, 4.69) is 9.97 Å². The highest BCUT2D eigenvalue weighted by Crippen LogP contribution is 2.30. The van der Waals surface area contributed by atoms with Crippen LogP contribution in [0.5, 0.6) is 5.75 Å². The van der Waals surface area contributed by atoms with Crippen molar-refractivity contribution in [2.45, 2.75) is 62.3 Å². The van der Waals surface area contributed by atoms with E-state index in [1.807, 2.05) is 123 Å². The molecule has 4 nitrogen and oxygen atoms in total. The number of phenols is 1.